The van der Waals surface area contributed by atoms with E-state index in [1.165, 1.54) is 6.21 Å². The summed E-state index contributed by atoms with van der Waals surface area (Å²) >= 11 is 5.69. The molecule has 0 aliphatic rings. The number of rotatable bonds is 3. The van der Waals surface area contributed by atoms with Crippen molar-refractivity contribution in [1.29, 1.82) is 0 Å². The van der Waals surface area contributed by atoms with Gasteiger partial charge in [0, 0.05) is 11.1 Å². The maximum Gasteiger partial charge on any atom is 0.211 e. The Bertz CT molecular complexity index is 439. The van der Waals surface area contributed by atoms with Crippen molar-refractivity contribution in [1.82, 2.24) is 0 Å². The molecule has 5 nitrogen and oxygen atoms in total. The molecule has 0 saturated carbocycles. The zero-order valence-electron chi connectivity index (χ0n) is 8.81. The largest absolute Gasteiger partial charge is 0.507 e. The molecule has 86 valence electrons. The predicted octanol–water partition coefficient (Wildman–Crippen LogP) is 1.05. The van der Waals surface area contributed by atoms with Gasteiger partial charge in [0.25, 0.3) is 0 Å². The lowest BCUT2D eigenvalue weighted by Gasteiger charge is -2.05. The number of hydrogen-bond acceptors (Lipinski definition) is 3. The first-order valence-corrected chi connectivity index (χ1v) is 5.08. The normalized spacial score (nSPS) is 10.6. The van der Waals surface area contributed by atoms with Crippen LogP contribution < -0.4 is 11.5 Å². The summed E-state index contributed by atoms with van der Waals surface area (Å²) in [6, 6.07) is 3.57. The van der Waals surface area contributed by atoms with Crippen LogP contribution in [0.1, 0.15) is 16.7 Å². The second-order valence-corrected chi connectivity index (χ2v) is 3.53. The highest BCUT2D eigenvalue weighted by Gasteiger charge is 2.05. The Labute approximate surface area is 98.4 Å². The molecular weight excluding hydrogens is 228 g/mol. The Kier molecular flexibility index (Phi) is 4.13. The van der Waals surface area contributed by atoms with Crippen LogP contribution in [-0.4, -0.2) is 17.3 Å². The number of hydrogen-bond donors (Lipinski definition) is 3. The number of phenols is 1. The molecule has 1 rings (SSSR count). The van der Waals surface area contributed by atoms with Gasteiger partial charge in [-0.3, -0.25) is 0 Å². The van der Waals surface area contributed by atoms with E-state index < -0.39 is 0 Å². The van der Waals surface area contributed by atoms with Gasteiger partial charge in [-0.05, 0) is 18.6 Å². The molecule has 0 bridgehead atoms. The molecule has 0 aromatic heterocycles. The van der Waals surface area contributed by atoms with E-state index in [-0.39, 0.29) is 17.6 Å². The van der Waals surface area contributed by atoms with Gasteiger partial charge >= 0.3 is 0 Å². The van der Waals surface area contributed by atoms with Gasteiger partial charge in [-0.1, -0.05) is 6.07 Å². The van der Waals surface area contributed by atoms with E-state index in [2.05, 4.69) is 10.2 Å². The van der Waals surface area contributed by atoms with Crippen LogP contribution in [0.4, 0.5) is 0 Å². The maximum absolute atomic E-state index is 9.79. The van der Waals surface area contributed by atoms with Crippen LogP contribution in [-0.2, 0) is 5.88 Å². The van der Waals surface area contributed by atoms with Crippen LogP contribution in [0.2, 0.25) is 0 Å². The second-order valence-electron chi connectivity index (χ2n) is 3.26. The summed E-state index contributed by atoms with van der Waals surface area (Å²) < 4.78 is 0. The average Bonchev–Trinajstić information content (AvgIpc) is 2.22. The monoisotopic (exact) mass is 240 g/mol. The fourth-order valence-corrected chi connectivity index (χ4v) is 1.45. The number of nitrogens with two attached hydrogens (primary N) is 2. The third-order valence-corrected chi connectivity index (χ3v) is 2.16. The molecule has 0 aliphatic carbocycles. The molecule has 0 amide bonds. The summed E-state index contributed by atoms with van der Waals surface area (Å²) in [4.78, 5) is 0. The van der Waals surface area contributed by atoms with E-state index >= 15 is 0 Å². The van der Waals surface area contributed by atoms with Crippen LogP contribution in [0, 0.1) is 6.92 Å². The number of guanidine groups is 1. The quantitative estimate of drug-likeness (QED) is 0.319. The summed E-state index contributed by atoms with van der Waals surface area (Å²) in [7, 11) is 0. The minimum absolute atomic E-state index is 0.0927. The molecule has 0 radical (unpaired) electrons. The highest BCUT2D eigenvalue weighted by Crippen LogP contribution is 2.24. The minimum Gasteiger partial charge on any atom is -0.507 e. The number of aryl methyl sites for hydroxylation is 1. The van der Waals surface area contributed by atoms with Gasteiger partial charge in [-0.2, -0.15) is 5.10 Å². The molecule has 0 heterocycles. The molecule has 1 aromatic carbocycles. The standard InChI is InChI=1S/C10H13ClN4O/c1-6-2-7(4-11)9(16)8(3-6)5-14-15-10(12)13/h2-3,5,16H,4H2,1H3,(H4,12,13,15). The van der Waals surface area contributed by atoms with Crippen molar-refractivity contribution in [3.63, 3.8) is 0 Å². The van der Waals surface area contributed by atoms with E-state index in [0.717, 1.165) is 5.56 Å². The third-order valence-electron chi connectivity index (χ3n) is 1.88. The van der Waals surface area contributed by atoms with Crippen LogP contribution in [0.25, 0.3) is 0 Å². The van der Waals surface area contributed by atoms with Crippen molar-refractivity contribution in [2.24, 2.45) is 21.7 Å². The Balaban J connectivity index is 3.09. The Morgan fingerprint density at radius 3 is 2.75 bits per heavy atom. The minimum atomic E-state index is -0.138. The molecule has 0 fully saturated rings. The molecule has 6 heteroatoms. The van der Waals surface area contributed by atoms with E-state index in [0.29, 0.717) is 11.1 Å². The first kappa shape index (κ1) is 12.3. The number of aromatic hydroxyl groups is 1. The number of alkyl halides is 1. The highest BCUT2D eigenvalue weighted by molar-refractivity contribution is 6.17. The molecule has 0 saturated heterocycles. The summed E-state index contributed by atoms with van der Waals surface area (Å²) in [5, 5.41) is 16.9. The summed E-state index contributed by atoms with van der Waals surface area (Å²) in [5.74, 6) is 0.188. The second kappa shape index (κ2) is 5.37. The zero-order valence-corrected chi connectivity index (χ0v) is 9.57. The summed E-state index contributed by atoms with van der Waals surface area (Å²) in [5.41, 5.74) is 12.4. The van der Waals surface area contributed by atoms with Gasteiger partial charge in [-0.15, -0.1) is 16.7 Å². The molecule has 16 heavy (non-hydrogen) atoms. The molecule has 0 spiro atoms. The molecule has 1 aromatic rings. The van der Waals surface area contributed by atoms with E-state index in [1.54, 1.807) is 12.1 Å². The van der Waals surface area contributed by atoms with Crippen LogP contribution in [0.15, 0.2) is 22.3 Å². The highest BCUT2D eigenvalue weighted by atomic mass is 35.5. The Morgan fingerprint density at radius 2 is 2.19 bits per heavy atom. The molecule has 0 unspecified atom stereocenters. The van der Waals surface area contributed by atoms with Gasteiger partial charge in [-0.25, -0.2) is 0 Å². The van der Waals surface area contributed by atoms with Gasteiger partial charge < -0.3 is 16.6 Å². The number of benzene rings is 1. The van der Waals surface area contributed by atoms with Crippen LogP contribution in [0.3, 0.4) is 0 Å². The van der Waals surface area contributed by atoms with Crippen molar-refractivity contribution in [2.45, 2.75) is 12.8 Å². The van der Waals surface area contributed by atoms with Crippen molar-refractivity contribution >= 4 is 23.8 Å². The Hall–Kier alpha value is -1.75. The van der Waals surface area contributed by atoms with E-state index in [4.69, 9.17) is 23.1 Å². The first-order valence-electron chi connectivity index (χ1n) is 4.55. The molecule has 5 N–H and O–H groups in total. The predicted molar refractivity (Wildman–Crippen MR) is 65.8 cm³/mol. The summed E-state index contributed by atoms with van der Waals surface area (Å²) in [6.07, 6.45) is 1.37. The van der Waals surface area contributed by atoms with Gasteiger partial charge in [0.05, 0.1) is 12.1 Å². The summed E-state index contributed by atoms with van der Waals surface area (Å²) in [6.45, 7) is 1.90. The van der Waals surface area contributed by atoms with Crippen molar-refractivity contribution in [3.05, 3.63) is 28.8 Å². The molecule has 0 aliphatic heterocycles. The van der Waals surface area contributed by atoms with Gasteiger partial charge in [0.2, 0.25) is 5.96 Å². The number of phenolic OH excluding ortho intramolecular Hbond substituents is 1. The lowest BCUT2D eigenvalue weighted by molar-refractivity contribution is 0.469. The topological polar surface area (TPSA) is 97.0 Å². The fraction of sp³-hybridized carbons (Fsp3) is 0.200. The van der Waals surface area contributed by atoms with Crippen molar-refractivity contribution in [3.8, 4) is 5.75 Å². The molecular formula is C10H13ClN4O. The lowest BCUT2D eigenvalue weighted by atomic mass is 10.1. The van der Waals surface area contributed by atoms with Gasteiger partial charge in [0.1, 0.15) is 5.75 Å². The van der Waals surface area contributed by atoms with Crippen LogP contribution >= 0.6 is 11.6 Å². The average molecular weight is 241 g/mol. The zero-order chi connectivity index (χ0) is 12.1. The lowest BCUT2D eigenvalue weighted by Crippen LogP contribution is -2.21. The van der Waals surface area contributed by atoms with E-state index in [1.807, 2.05) is 6.92 Å². The first-order chi connectivity index (χ1) is 7.54. The van der Waals surface area contributed by atoms with Gasteiger partial charge in [0.15, 0.2) is 0 Å². The van der Waals surface area contributed by atoms with Crippen LogP contribution in [0.5, 0.6) is 5.75 Å². The maximum atomic E-state index is 9.79. The third kappa shape index (κ3) is 3.13. The number of nitrogens with zero attached hydrogens (tertiary/aromatic N) is 2. The molecule has 0 atom stereocenters. The smallest absolute Gasteiger partial charge is 0.211 e. The van der Waals surface area contributed by atoms with Crippen molar-refractivity contribution in [2.75, 3.05) is 0 Å². The number of halogens is 1. The SMILES string of the molecule is Cc1cc(C=NN=C(N)N)c(O)c(CCl)c1. The van der Waals surface area contributed by atoms with E-state index in [9.17, 15) is 5.11 Å². The fourth-order valence-electron chi connectivity index (χ4n) is 1.24. The van der Waals surface area contributed by atoms with Crippen molar-refractivity contribution < 1.29 is 5.11 Å². The Morgan fingerprint density at radius 1 is 1.50 bits per heavy atom.